The highest BCUT2D eigenvalue weighted by Crippen LogP contribution is 1.98. The molecule has 0 radical (unpaired) electrons. The van der Waals surface area contributed by atoms with Gasteiger partial charge in [-0.2, -0.15) is 0 Å². The second-order valence-corrected chi connectivity index (χ2v) is 3.90. The lowest BCUT2D eigenvalue weighted by atomic mass is 10.3. The number of ether oxygens (including phenoxy) is 1. The lowest BCUT2D eigenvalue weighted by Gasteiger charge is -2.31. The fraction of sp³-hybridized carbons (Fsp3) is 0.900. The van der Waals surface area contributed by atoms with Gasteiger partial charge in [0.2, 0.25) is 0 Å². The van der Waals surface area contributed by atoms with Crippen molar-refractivity contribution in [3.63, 3.8) is 0 Å². The van der Waals surface area contributed by atoms with Crippen molar-refractivity contribution >= 4 is 5.97 Å². The van der Waals surface area contributed by atoms with Crippen LogP contribution in [0.5, 0.6) is 0 Å². The van der Waals surface area contributed by atoms with E-state index < -0.39 is 0 Å². The van der Waals surface area contributed by atoms with E-state index in [4.69, 9.17) is 4.74 Å². The van der Waals surface area contributed by atoms with E-state index in [9.17, 15) is 4.79 Å². The van der Waals surface area contributed by atoms with Crippen LogP contribution in [0.25, 0.3) is 0 Å². The summed E-state index contributed by atoms with van der Waals surface area (Å²) in [6.07, 6.45) is 0. The molecule has 1 fully saturated rings. The summed E-state index contributed by atoms with van der Waals surface area (Å²) >= 11 is 0. The Labute approximate surface area is 91.4 Å². The Kier molecular flexibility index (Phi) is 5.60. The maximum atomic E-state index is 11.4. The Bertz CT molecular complexity index is 191. The molecule has 1 saturated heterocycles. The van der Waals surface area contributed by atoms with E-state index >= 15 is 0 Å². The van der Waals surface area contributed by atoms with Gasteiger partial charge in [0.1, 0.15) is 6.61 Å². The number of nitrogens with zero attached hydrogens (tertiary/aromatic N) is 2. The quantitative estimate of drug-likeness (QED) is 0.470. The molecule has 0 aromatic carbocycles. The number of carbonyl (C=O) groups is 1. The summed E-state index contributed by atoms with van der Waals surface area (Å²) in [6, 6.07) is 0. The van der Waals surface area contributed by atoms with Gasteiger partial charge >= 0.3 is 5.97 Å². The second kappa shape index (κ2) is 6.76. The van der Waals surface area contributed by atoms with Gasteiger partial charge < -0.3 is 15.0 Å². The van der Waals surface area contributed by atoms with E-state index in [2.05, 4.69) is 22.2 Å². The molecule has 1 heterocycles. The molecule has 5 nitrogen and oxygen atoms in total. The highest BCUT2D eigenvalue weighted by Gasteiger charge is 2.16. The summed E-state index contributed by atoms with van der Waals surface area (Å²) in [4.78, 5) is 15.8. The standard InChI is InChI=1S/C10H21N3O2/c1-11-3-8-15-10(14)9-13-6-4-12(2)5-7-13/h11H,3-9H2,1-2H3. The highest BCUT2D eigenvalue weighted by molar-refractivity contribution is 5.71. The zero-order chi connectivity index (χ0) is 11.1. The van der Waals surface area contributed by atoms with Crippen molar-refractivity contribution in [3.05, 3.63) is 0 Å². The van der Waals surface area contributed by atoms with E-state index in [1.807, 2.05) is 7.05 Å². The number of hydrogen-bond donors (Lipinski definition) is 1. The molecular formula is C10H21N3O2. The number of nitrogens with one attached hydrogen (secondary N) is 1. The first-order valence-electron chi connectivity index (χ1n) is 5.43. The first kappa shape index (κ1) is 12.4. The average molecular weight is 215 g/mol. The molecule has 88 valence electrons. The van der Waals surface area contributed by atoms with Crippen LogP contribution in [0.1, 0.15) is 0 Å². The van der Waals surface area contributed by atoms with Gasteiger partial charge in [-0.3, -0.25) is 9.69 Å². The van der Waals surface area contributed by atoms with Gasteiger partial charge in [-0.1, -0.05) is 0 Å². The summed E-state index contributed by atoms with van der Waals surface area (Å²) < 4.78 is 5.06. The third-order valence-electron chi connectivity index (χ3n) is 2.56. The molecule has 0 aromatic rings. The normalized spacial score (nSPS) is 19.1. The molecule has 0 aromatic heterocycles. The predicted octanol–water partition coefficient (Wildman–Crippen LogP) is -1.00. The Morgan fingerprint density at radius 1 is 1.33 bits per heavy atom. The van der Waals surface area contributed by atoms with Crippen LogP contribution in [0.4, 0.5) is 0 Å². The zero-order valence-corrected chi connectivity index (χ0v) is 9.66. The van der Waals surface area contributed by atoms with Crippen molar-refractivity contribution in [3.8, 4) is 0 Å². The van der Waals surface area contributed by atoms with Crippen LogP contribution in [0.2, 0.25) is 0 Å². The third-order valence-corrected chi connectivity index (χ3v) is 2.56. The molecule has 1 aliphatic rings. The molecule has 0 amide bonds. The number of piperazine rings is 1. The molecular weight excluding hydrogens is 194 g/mol. The lowest BCUT2D eigenvalue weighted by Crippen LogP contribution is -2.46. The molecule has 5 heteroatoms. The van der Waals surface area contributed by atoms with Gasteiger partial charge in [0, 0.05) is 32.7 Å². The van der Waals surface area contributed by atoms with Crippen molar-refractivity contribution < 1.29 is 9.53 Å². The smallest absolute Gasteiger partial charge is 0.320 e. The van der Waals surface area contributed by atoms with Gasteiger partial charge in [0.15, 0.2) is 0 Å². The summed E-state index contributed by atoms with van der Waals surface area (Å²) in [5, 5.41) is 2.93. The minimum Gasteiger partial charge on any atom is -0.463 e. The number of hydrogen-bond acceptors (Lipinski definition) is 5. The molecule has 0 atom stereocenters. The SMILES string of the molecule is CNCCOC(=O)CN1CCN(C)CC1. The minimum absolute atomic E-state index is 0.116. The van der Waals surface area contributed by atoms with E-state index in [1.165, 1.54) is 0 Å². The van der Waals surface area contributed by atoms with Crippen LogP contribution in [-0.2, 0) is 9.53 Å². The Balaban J connectivity index is 2.09. The largest absolute Gasteiger partial charge is 0.463 e. The molecule has 1 N–H and O–H groups in total. The average Bonchev–Trinajstić information content (AvgIpc) is 2.22. The van der Waals surface area contributed by atoms with Gasteiger partial charge in [-0.05, 0) is 14.1 Å². The number of rotatable bonds is 5. The first-order chi connectivity index (χ1) is 7.22. The molecule has 0 spiro atoms. The van der Waals surface area contributed by atoms with Gasteiger partial charge in [-0.15, -0.1) is 0 Å². The van der Waals surface area contributed by atoms with E-state index in [1.54, 1.807) is 0 Å². The fourth-order valence-electron chi connectivity index (χ4n) is 1.50. The number of carbonyl (C=O) groups excluding carboxylic acids is 1. The molecule has 15 heavy (non-hydrogen) atoms. The van der Waals surface area contributed by atoms with E-state index in [0.717, 1.165) is 26.2 Å². The van der Waals surface area contributed by atoms with E-state index in [-0.39, 0.29) is 5.97 Å². The van der Waals surface area contributed by atoms with Crippen molar-refractivity contribution in [2.75, 3.05) is 60.0 Å². The van der Waals surface area contributed by atoms with Crippen LogP contribution in [0.15, 0.2) is 0 Å². The first-order valence-corrected chi connectivity index (χ1v) is 5.43. The fourth-order valence-corrected chi connectivity index (χ4v) is 1.50. The predicted molar refractivity (Wildman–Crippen MR) is 58.8 cm³/mol. The van der Waals surface area contributed by atoms with Crippen molar-refractivity contribution in [1.29, 1.82) is 0 Å². The van der Waals surface area contributed by atoms with Crippen molar-refractivity contribution in [1.82, 2.24) is 15.1 Å². The molecule has 0 saturated carbocycles. The van der Waals surface area contributed by atoms with Crippen LogP contribution >= 0.6 is 0 Å². The highest BCUT2D eigenvalue weighted by atomic mass is 16.5. The van der Waals surface area contributed by atoms with Crippen LogP contribution in [0.3, 0.4) is 0 Å². The zero-order valence-electron chi connectivity index (χ0n) is 9.66. The maximum absolute atomic E-state index is 11.4. The van der Waals surface area contributed by atoms with Crippen LogP contribution in [-0.4, -0.2) is 75.7 Å². The summed E-state index contributed by atoms with van der Waals surface area (Å²) in [7, 11) is 3.94. The van der Waals surface area contributed by atoms with Gasteiger partial charge in [0.25, 0.3) is 0 Å². The van der Waals surface area contributed by atoms with Crippen molar-refractivity contribution in [2.24, 2.45) is 0 Å². The Morgan fingerprint density at radius 2 is 2.00 bits per heavy atom. The molecule has 0 aliphatic carbocycles. The van der Waals surface area contributed by atoms with Crippen LogP contribution < -0.4 is 5.32 Å². The van der Waals surface area contributed by atoms with Gasteiger partial charge in [0.05, 0.1) is 6.54 Å². The van der Waals surface area contributed by atoms with Crippen LogP contribution in [0, 0.1) is 0 Å². The summed E-state index contributed by atoms with van der Waals surface area (Å²) in [5.41, 5.74) is 0. The monoisotopic (exact) mass is 215 g/mol. The third kappa shape index (κ3) is 5.11. The second-order valence-electron chi connectivity index (χ2n) is 3.90. The lowest BCUT2D eigenvalue weighted by molar-refractivity contribution is -0.145. The minimum atomic E-state index is -0.116. The van der Waals surface area contributed by atoms with Crippen molar-refractivity contribution in [2.45, 2.75) is 0 Å². The summed E-state index contributed by atoms with van der Waals surface area (Å²) in [6.45, 7) is 5.58. The Morgan fingerprint density at radius 3 is 2.60 bits per heavy atom. The number of likely N-dealkylation sites (N-methyl/N-ethyl adjacent to an activating group) is 2. The Hall–Kier alpha value is -0.650. The molecule has 0 bridgehead atoms. The number of esters is 1. The summed E-state index contributed by atoms with van der Waals surface area (Å²) in [5.74, 6) is -0.116. The van der Waals surface area contributed by atoms with E-state index in [0.29, 0.717) is 19.7 Å². The maximum Gasteiger partial charge on any atom is 0.320 e. The molecule has 1 rings (SSSR count). The topological polar surface area (TPSA) is 44.8 Å². The molecule has 0 unspecified atom stereocenters. The molecule has 1 aliphatic heterocycles. The van der Waals surface area contributed by atoms with Gasteiger partial charge in [-0.25, -0.2) is 0 Å².